The maximum absolute atomic E-state index is 12.8. The maximum Gasteiger partial charge on any atom is 0.407 e. The largest absolute Gasteiger partial charge is 0.508 e. The number of rotatable bonds is 3. The molecule has 4 atom stereocenters. The Labute approximate surface area is 144 Å². The first-order valence-corrected chi connectivity index (χ1v) is 11.0. The van der Waals surface area contributed by atoms with Crippen molar-refractivity contribution in [3.8, 4) is 5.75 Å². The van der Waals surface area contributed by atoms with Crippen molar-refractivity contribution in [1.29, 1.82) is 0 Å². The van der Waals surface area contributed by atoms with Gasteiger partial charge in [0.25, 0.3) is 0 Å². The summed E-state index contributed by atoms with van der Waals surface area (Å²) in [6.45, 7) is 1.21. The van der Waals surface area contributed by atoms with Crippen LogP contribution in [-0.2, 0) is 20.0 Å². The van der Waals surface area contributed by atoms with E-state index < -0.39 is 26.7 Å². The van der Waals surface area contributed by atoms with E-state index in [0.29, 0.717) is 11.1 Å². The van der Waals surface area contributed by atoms with E-state index in [1.54, 1.807) is 12.1 Å². The summed E-state index contributed by atoms with van der Waals surface area (Å²) in [6.07, 6.45) is 1.25. The van der Waals surface area contributed by atoms with Gasteiger partial charge in [0.15, 0.2) is 0 Å². The average molecular weight is 386 g/mol. The van der Waals surface area contributed by atoms with Crippen LogP contribution in [0.5, 0.6) is 5.75 Å². The molecule has 0 saturated carbocycles. The van der Waals surface area contributed by atoms with Gasteiger partial charge in [-0.1, -0.05) is 18.2 Å². The molecule has 0 radical (unpaired) electrons. The lowest BCUT2D eigenvalue weighted by molar-refractivity contribution is -0.0518. The molecule has 4 unspecified atom stereocenters. The molecule has 1 aromatic carbocycles. The van der Waals surface area contributed by atoms with Gasteiger partial charge in [0.05, 0.1) is 6.42 Å². The van der Waals surface area contributed by atoms with Gasteiger partial charge in [-0.2, -0.15) is 4.52 Å². The third-order valence-electron chi connectivity index (χ3n) is 3.99. The van der Waals surface area contributed by atoms with Crippen LogP contribution in [0.15, 0.2) is 48.8 Å². The van der Waals surface area contributed by atoms with Crippen LogP contribution in [0.3, 0.4) is 0 Å². The minimum Gasteiger partial charge on any atom is -0.508 e. The van der Waals surface area contributed by atoms with E-state index in [4.69, 9.17) is 9.05 Å². The summed E-state index contributed by atoms with van der Waals surface area (Å²) in [5.41, 5.74) is 0.783. The van der Waals surface area contributed by atoms with Crippen LogP contribution in [0, 0.1) is 0 Å². The highest BCUT2D eigenvalue weighted by Crippen LogP contribution is 2.83. The smallest absolute Gasteiger partial charge is 0.407 e. The number of aliphatic hydroxyl groups is 1. The Morgan fingerprint density at radius 3 is 2.56 bits per heavy atom. The number of benzene rings is 1. The summed E-state index contributed by atoms with van der Waals surface area (Å²) in [5.74, 6) is 0.00128. The summed E-state index contributed by atoms with van der Waals surface area (Å²) in [4.78, 5) is 25.0. The summed E-state index contributed by atoms with van der Waals surface area (Å²) in [5, 5.41) is 17.7. The minimum absolute atomic E-state index is 0.00128. The summed E-state index contributed by atoms with van der Waals surface area (Å²) in [7, 11) is -8.44. The number of nitrogens with zero attached hydrogens (tertiary/aromatic N) is 1. The van der Waals surface area contributed by atoms with Gasteiger partial charge in [-0.3, -0.25) is 14.1 Å². The molecule has 1 saturated heterocycles. The number of pyridine rings is 1. The number of phenolic OH excluding ortho intramolecular Hbond substituents is 1. The Morgan fingerprint density at radius 2 is 2.00 bits per heavy atom. The van der Waals surface area contributed by atoms with Crippen LogP contribution in [0.4, 0.5) is 0 Å². The van der Waals surface area contributed by atoms with E-state index in [0.717, 1.165) is 0 Å². The Kier molecular flexibility index (Phi) is 4.73. The van der Waals surface area contributed by atoms with Crippen LogP contribution < -0.4 is 0 Å². The molecule has 1 aromatic heterocycles. The Balaban J connectivity index is 1.94. The molecule has 1 fully saturated rings. The highest BCUT2D eigenvalue weighted by molar-refractivity contribution is 7.79. The highest BCUT2D eigenvalue weighted by Gasteiger charge is 2.73. The van der Waals surface area contributed by atoms with Crippen LogP contribution in [0.1, 0.15) is 17.4 Å². The average Bonchev–Trinajstić information content (AvgIpc) is 2.54. The SMILES string of the molecule is C[P+]1(O)OC(c2ccc(O)cc2)OP(=O)(O)C1(O)Cc1cccnc1. The van der Waals surface area contributed by atoms with Crippen LogP contribution >= 0.6 is 15.3 Å². The van der Waals surface area contributed by atoms with Gasteiger partial charge in [0.2, 0.25) is 6.29 Å². The third kappa shape index (κ3) is 3.35. The second kappa shape index (κ2) is 6.41. The van der Waals surface area contributed by atoms with Crippen molar-refractivity contribution >= 4 is 15.3 Å². The number of hydrogen-bond acceptors (Lipinski definition) is 7. The molecular formula is C15H18NO7P2+. The molecule has 0 amide bonds. The molecule has 0 spiro atoms. The first-order valence-electron chi connectivity index (χ1n) is 7.34. The molecule has 3 rings (SSSR count). The van der Waals surface area contributed by atoms with Crippen LogP contribution in [-0.4, -0.2) is 36.7 Å². The molecule has 4 N–H and O–H groups in total. The van der Waals surface area contributed by atoms with Crippen LogP contribution in [0.25, 0.3) is 0 Å². The second-order valence-corrected chi connectivity index (χ2v) is 10.9. The van der Waals surface area contributed by atoms with Gasteiger partial charge < -0.3 is 15.1 Å². The monoisotopic (exact) mass is 386 g/mol. The molecule has 2 aromatic rings. The first-order chi connectivity index (χ1) is 11.6. The van der Waals surface area contributed by atoms with Crippen molar-refractivity contribution < 1.29 is 33.6 Å². The van der Waals surface area contributed by atoms with Gasteiger partial charge in [0, 0.05) is 18.0 Å². The van der Waals surface area contributed by atoms with E-state index >= 15 is 0 Å². The first kappa shape index (κ1) is 18.4. The Morgan fingerprint density at radius 1 is 1.32 bits per heavy atom. The molecule has 1 aliphatic heterocycles. The lowest BCUT2D eigenvalue weighted by atomic mass is 10.2. The van der Waals surface area contributed by atoms with Crippen molar-refractivity contribution in [2.24, 2.45) is 0 Å². The number of aromatic nitrogens is 1. The predicted molar refractivity (Wildman–Crippen MR) is 90.8 cm³/mol. The fourth-order valence-electron chi connectivity index (χ4n) is 2.52. The zero-order valence-corrected chi connectivity index (χ0v) is 15.0. The molecule has 0 aliphatic carbocycles. The summed E-state index contributed by atoms with van der Waals surface area (Å²) >= 11 is 0. The molecular weight excluding hydrogens is 368 g/mol. The van der Waals surface area contributed by atoms with Gasteiger partial charge >= 0.3 is 20.4 Å². The lowest BCUT2D eigenvalue weighted by Gasteiger charge is -2.40. The maximum atomic E-state index is 12.8. The van der Waals surface area contributed by atoms with E-state index in [1.807, 2.05) is 0 Å². The summed E-state index contributed by atoms with van der Waals surface area (Å²) in [6, 6.07) is 8.80. The standard InChI is InChI=1S/C15H17NO7P2/c1-24(19)15(18,9-11-3-2-8-16-10-11)25(20,21)23-14(22-24)12-4-6-13(17)7-5-12/h2-8,10,14,18-19H,9H2,1H3,(H-,17,20,21)/p+1. The quantitative estimate of drug-likeness (QED) is 0.592. The molecule has 134 valence electrons. The third-order valence-corrected chi connectivity index (χ3v) is 9.49. The van der Waals surface area contributed by atoms with Gasteiger partial charge in [-0.25, -0.2) is 4.89 Å². The molecule has 2 heterocycles. The zero-order chi connectivity index (χ0) is 18.3. The topological polar surface area (TPSA) is 129 Å². The minimum atomic E-state index is -4.69. The van der Waals surface area contributed by atoms with E-state index in [1.165, 1.54) is 43.3 Å². The Bertz CT molecular complexity index is 799. The van der Waals surface area contributed by atoms with Crippen LogP contribution in [0.2, 0.25) is 0 Å². The van der Waals surface area contributed by atoms with Crippen molar-refractivity contribution in [3.05, 3.63) is 59.9 Å². The van der Waals surface area contributed by atoms with Gasteiger partial charge in [-0.15, -0.1) is 0 Å². The van der Waals surface area contributed by atoms with Crippen molar-refractivity contribution in [2.75, 3.05) is 6.66 Å². The molecule has 8 nitrogen and oxygen atoms in total. The molecule has 25 heavy (non-hydrogen) atoms. The van der Waals surface area contributed by atoms with E-state index in [9.17, 15) is 24.6 Å². The fraction of sp³-hybridized carbons (Fsp3) is 0.267. The number of aromatic hydroxyl groups is 1. The van der Waals surface area contributed by atoms with E-state index in [2.05, 4.69) is 4.98 Å². The lowest BCUT2D eigenvalue weighted by Crippen LogP contribution is -2.40. The van der Waals surface area contributed by atoms with Crippen molar-refractivity contribution in [1.82, 2.24) is 4.98 Å². The zero-order valence-electron chi connectivity index (χ0n) is 13.3. The summed E-state index contributed by atoms with van der Waals surface area (Å²) < 4.78 is 23.4. The normalized spacial score (nSPS) is 35.4. The fourth-order valence-corrected chi connectivity index (χ4v) is 6.90. The predicted octanol–water partition coefficient (Wildman–Crippen LogP) is 2.38. The molecule has 10 heteroatoms. The van der Waals surface area contributed by atoms with Crippen molar-refractivity contribution in [3.63, 3.8) is 0 Å². The van der Waals surface area contributed by atoms with Gasteiger partial charge in [0.1, 0.15) is 12.4 Å². The molecule has 0 bridgehead atoms. The van der Waals surface area contributed by atoms with E-state index in [-0.39, 0.29) is 12.2 Å². The molecule has 1 aliphatic rings. The number of hydrogen-bond donors (Lipinski definition) is 4. The Hall–Kier alpha value is -1.37. The van der Waals surface area contributed by atoms with Gasteiger partial charge in [-0.05, 0) is 23.8 Å². The van der Waals surface area contributed by atoms with Crippen molar-refractivity contribution in [2.45, 2.75) is 17.8 Å². The highest BCUT2D eigenvalue weighted by atomic mass is 31.3. The second-order valence-electron chi connectivity index (χ2n) is 5.85. The number of phenols is 1.